The van der Waals surface area contributed by atoms with E-state index < -0.39 is 5.79 Å². The van der Waals surface area contributed by atoms with Crippen LogP contribution in [0.1, 0.15) is 73.1 Å². The molecule has 4 nitrogen and oxygen atoms in total. The van der Waals surface area contributed by atoms with Gasteiger partial charge in [0.1, 0.15) is 0 Å². The molecular formula is C19H34O4. The van der Waals surface area contributed by atoms with E-state index in [-0.39, 0.29) is 23.9 Å². The molecule has 134 valence electrons. The number of allylic oxidation sites excluding steroid dienone is 1. The summed E-state index contributed by atoms with van der Waals surface area (Å²) in [5, 5.41) is 0. The van der Waals surface area contributed by atoms with Crippen LogP contribution in [-0.4, -0.2) is 30.6 Å². The largest absolute Gasteiger partial charge is 0.466 e. The number of hydrogen-bond acceptors (Lipinski definition) is 4. The summed E-state index contributed by atoms with van der Waals surface area (Å²) in [6, 6.07) is 0. The third kappa shape index (κ3) is 5.05. The van der Waals surface area contributed by atoms with Gasteiger partial charge in [-0.1, -0.05) is 39.3 Å². The molecule has 0 aliphatic carbocycles. The lowest BCUT2D eigenvalue weighted by molar-refractivity contribution is -0.261. The van der Waals surface area contributed by atoms with Gasteiger partial charge < -0.3 is 14.2 Å². The Labute approximate surface area is 141 Å². The quantitative estimate of drug-likeness (QED) is 0.434. The first-order valence-electron chi connectivity index (χ1n) is 9.18. The maximum atomic E-state index is 12.1. The summed E-state index contributed by atoms with van der Waals surface area (Å²) >= 11 is 0. The molecule has 1 unspecified atom stereocenters. The van der Waals surface area contributed by atoms with Crippen molar-refractivity contribution in [3.63, 3.8) is 0 Å². The van der Waals surface area contributed by atoms with Crippen molar-refractivity contribution in [3.8, 4) is 0 Å². The smallest absolute Gasteiger partial charge is 0.311 e. The lowest BCUT2D eigenvalue weighted by Crippen LogP contribution is -2.43. The highest BCUT2D eigenvalue weighted by Crippen LogP contribution is 2.49. The molecule has 1 aliphatic rings. The van der Waals surface area contributed by atoms with Crippen molar-refractivity contribution in [2.75, 3.05) is 13.2 Å². The maximum absolute atomic E-state index is 12.1. The zero-order valence-electron chi connectivity index (χ0n) is 15.5. The second kappa shape index (κ2) is 9.43. The first kappa shape index (κ1) is 20.2. The Morgan fingerprint density at radius 3 is 2.48 bits per heavy atom. The van der Waals surface area contributed by atoms with Gasteiger partial charge in [-0.05, 0) is 39.5 Å². The van der Waals surface area contributed by atoms with Gasteiger partial charge in [-0.3, -0.25) is 4.79 Å². The third-order valence-corrected chi connectivity index (χ3v) is 4.64. The minimum atomic E-state index is -0.859. The second-order valence-corrected chi connectivity index (χ2v) is 6.25. The first-order chi connectivity index (χ1) is 11.0. The van der Waals surface area contributed by atoms with Crippen LogP contribution in [0, 0.1) is 5.92 Å². The Hall–Kier alpha value is -0.870. The molecule has 23 heavy (non-hydrogen) atoms. The third-order valence-electron chi connectivity index (χ3n) is 4.64. The zero-order valence-corrected chi connectivity index (χ0v) is 15.5. The normalized spacial score (nSPS) is 30.9. The van der Waals surface area contributed by atoms with Crippen molar-refractivity contribution in [2.45, 2.75) is 84.5 Å². The lowest BCUT2D eigenvalue weighted by Gasteiger charge is -2.35. The van der Waals surface area contributed by atoms with Crippen LogP contribution in [0.4, 0.5) is 0 Å². The Balaban J connectivity index is 3.04. The molecule has 0 amide bonds. The Kier molecular flexibility index (Phi) is 8.27. The van der Waals surface area contributed by atoms with Crippen molar-refractivity contribution < 1.29 is 19.0 Å². The minimum Gasteiger partial charge on any atom is -0.466 e. The molecule has 0 N–H and O–H groups in total. The molecule has 0 aromatic rings. The summed E-state index contributed by atoms with van der Waals surface area (Å²) in [5.41, 5.74) is -0.336. The predicted molar refractivity (Wildman–Crippen MR) is 92.2 cm³/mol. The van der Waals surface area contributed by atoms with Crippen LogP contribution in [0.3, 0.4) is 0 Å². The number of rotatable bonds is 10. The topological polar surface area (TPSA) is 44.8 Å². The van der Waals surface area contributed by atoms with Crippen LogP contribution < -0.4 is 0 Å². The van der Waals surface area contributed by atoms with E-state index in [0.29, 0.717) is 13.2 Å². The van der Waals surface area contributed by atoms with Crippen LogP contribution in [0.25, 0.3) is 0 Å². The van der Waals surface area contributed by atoms with E-state index in [9.17, 15) is 4.79 Å². The van der Waals surface area contributed by atoms with Crippen molar-refractivity contribution in [3.05, 3.63) is 12.2 Å². The standard InChI is InChI=1S/C19H34O4/c1-6-11-12-13-18(8-3)14-16(7-2)19(23-18,22-10-5)15-17(20)21-9-4/h12-13,16H,6-11,14-15H2,1-5H3/b13-12+/t16-,18+,19?/m0/s1. The van der Waals surface area contributed by atoms with E-state index in [1.54, 1.807) is 0 Å². The highest BCUT2D eigenvalue weighted by molar-refractivity contribution is 5.70. The fraction of sp³-hybridized carbons (Fsp3) is 0.842. The van der Waals surface area contributed by atoms with Crippen LogP contribution in [0.5, 0.6) is 0 Å². The summed E-state index contributed by atoms with van der Waals surface area (Å²) in [6.45, 7) is 11.1. The van der Waals surface area contributed by atoms with Gasteiger partial charge in [0, 0.05) is 12.5 Å². The van der Waals surface area contributed by atoms with Gasteiger partial charge >= 0.3 is 5.97 Å². The molecular weight excluding hydrogens is 292 g/mol. The Bertz CT molecular complexity index is 393. The van der Waals surface area contributed by atoms with Gasteiger partial charge in [0.2, 0.25) is 0 Å². The van der Waals surface area contributed by atoms with Gasteiger partial charge in [-0.2, -0.15) is 0 Å². The number of unbranched alkanes of at least 4 members (excludes halogenated alkanes) is 1. The molecule has 3 atom stereocenters. The number of esters is 1. The highest BCUT2D eigenvalue weighted by Gasteiger charge is 2.55. The van der Waals surface area contributed by atoms with E-state index in [2.05, 4.69) is 32.9 Å². The second-order valence-electron chi connectivity index (χ2n) is 6.25. The summed E-state index contributed by atoms with van der Waals surface area (Å²) in [7, 11) is 0. The average Bonchev–Trinajstić information content (AvgIpc) is 2.82. The Morgan fingerprint density at radius 2 is 1.96 bits per heavy atom. The molecule has 1 aliphatic heterocycles. The van der Waals surface area contributed by atoms with Crippen molar-refractivity contribution in [1.29, 1.82) is 0 Å². The summed E-state index contributed by atoms with van der Waals surface area (Å²) in [4.78, 5) is 12.1. The number of carbonyl (C=O) groups is 1. The molecule has 0 saturated carbocycles. The molecule has 1 rings (SSSR count). The lowest BCUT2D eigenvalue weighted by atomic mass is 9.85. The monoisotopic (exact) mass is 326 g/mol. The Morgan fingerprint density at radius 1 is 1.22 bits per heavy atom. The molecule has 0 radical (unpaired) electrons. The van der Waals surface area contributed by atoms with Gasteiger partial charge in [-0.25, -0.2) is 0 Å². The molecule has 0 aromatic carbocycles. The number of carbonyl (C=O) groups excluding carboxylic acids is 1. The minimum absolute atomic E-state index is 0.163. The van der Waals surface area contributed by atoms with Crippen molar-refractivity contribution in [1.82, 2.24) is 0 Å². The first-order valence-corrected chi connectivity index (χ1v) is 9.18. The van der Waals surface area contributed by atoms with Crippen LogP contribution in [0.2, 0.25) is 0 Å². The molecule has 0 bridgehead atoms. The molecule has 1 fully saturated rings. The summed E-state index contributed by atoms with van der Waals surface area (Å²) < 4.78 is 17.7. The molecule has 0 spiro atoms. The van der Waals surface area contributed by atoms with Crippen molar-refractivity contribution in [2.24, 2.45) is 5.92 Å². The fourth-order valence-electron chi connectivity index (χ4n) is 3.43. The van der Waals surface area contributed by atoms with E-state index in [0.717, 1.165) is 32.1 Å². The zero-order chi connectivity index (χ0) is 17.3. The van der Waals surface area contributed by atoms with Gasteiger partial charge in [0.15, 0.2) is 5.79 Å². The van der Waals surface area contributed by atoms with Crippen molar-refractivity contribution >= 4 is 5.97 Å². The molecule has 1 heterocycles. The number of hydrogen-bond donors (Lipinski definition) is 0. The van der Waals surface area contributed by atoms with Gasteiger partial charge in [0.05, 0.1) is 18.6 Å². The van der Waals surface area contributed by atoms with E-state index in [1.807, 2.05) is 13.8 Å². The maximum Gasteiger partial charge on any atom is 0.311 e. The molecule has 4 heteroatoms. The highest BCUT2D eigenvalue weighted by atomic mass is 16.7. The van der Waals surface area contributed by atoms with Crippen LogP contribution in [-0.2, 0) is 19.0 Å². The summed E-state index contributed by atoms with van der Waals surface area (Å²) in [5.74, 6) is -0.913. The van der Waals surface area contributed by atoms with E-state index in [1.165, 1.54) is 0 Å². The fourth-order valence-corrected chi connectivity index (χ4v) is 3.43. The van der Waals surface area contributed by atoms with Gasteiger partial charge in [-0.15, -0.1) is 0 Å². The van der Waals surface area contributed by atoms with Crippen LogP contribution in [0.15, 0.2) is 12.2 Å². The van der Waals surface area contributed by atoms with Gasteiger partial charge in [0.25, 0.3) is 0 Å². The summed E-state index contributed by atoms with van der Waals surface area (Å²) in [6.07, 6.45) is 9.39. The average molecular weight is 326 g/mol. The van der Waals surface area contributed by atoms with E-state index >= 15 is 0 Å². The molecule has 0 aromatic heterocycles. The molecule has 1 saturated heterocycles. The number of ether oxygens (including phenoxy) is 3. The van der Waals surface area contributed by atoms with Crippen LogP contribution >= 0.6 is 0 Å². The van der Waals surface area contributed by atoms with E-state index in [4.69, 9.17) is 14.2 Å². The predicted octanol–water partition coefficient (Wildman–Crippen LogP) is 4.62. The SMILES string of the molecule is CCC/C=C/[C@]1(CC)C[C@H](CC)C(CC(=O)OCC)(OCC)O1.